The average molecular weight is 305 g/mol. The van der Waals surface area contributed by atoms with E-state index in [-0.39, 0.29) is 11.6 Å². The van der Waals surface area contributed by atoms with Crippen LogP contribution < -0.4 is 4.80 Å². The first-order valence-electron chi connectivity index (χ1n) is 6.53. The highest BCUT2D eigenvalue weighted by molar-refractivity contribution is 7.16. The van der Waals surface area contributed by atoms with Gasteiger partial charge in [-0.05, 0) is 12.5 Å². The van der Waals surface area contributed by atoms with Crippen LogP contribution in [0.25, 0.3) is 10.2 Å². The van der Waals surface area contributed by atoms with Crippen LogP contribution >= 0.6 is 11.3 Å². The van der Waals surface area contributed by atoms with E-state index in [1.54, 1.807) is 12.1 Å². The number of non-ortho nitro benzene ring substituents is 1. The summed E-state index contributed by atoms with van der Waals surface area (Å²) in [4.78, 5) is 26.8. The third kappa shape index (κ3) is 3.25. The Morgan fingerprint density at radius 1 is 1.57 bits per heavy atom. The second-order valence-corrected chi connectivity index (χ2v) is 5.46. The number of nitro groups is 1. The minimum atomic E-state index is -0.434. The van der Waals surface area contributed by atoms with Crippen LogP contribution in [0.15, 0.2) is 35.8 Å². The number of nitrogens with zero attached hydrogens (tertiary/aromatic N) is 3. The van der Waals surface area contributed by atoms with Crippen LogP contribution in [0.1, 0.15) is 19.8 Å². The fourth-order valence-electron chi connectivity index (χ4n) is 1.94. The molecule has 7 heteroatoms. The number of aromatic nitrogens is 1. The Kier molecular flexibility index (Phi) is 4.64. The van der Waals surface area contributed by atoms with Crippen LogP contribution in [0.5, 0.6) is 0 Å². The van der Waals surface area contributed by atoms with Gasteiger partial charge in [0.05, 0.1) is 15.1 Å². The van der Waals surface area contributed by atoms with Gasteiger partial charge in [0.1, 0.15) is 0 Å². The molecule has 1 aromatic heterocycles. The lowest BCUT2D eigenvalue weighted by Gasteiger charge is -2.00. The Bertz CT molecular complexity index is 773. The fraction of sp³-hybridized carbons (Fsp3) is 0.286. The molecular weight excluding hydrogens is 290 g/mol. The summed E-state index contributed by atoms with van der Waals surface area (Å²) < 4.78 is 2.57. The molecule has 0 saturated heterocycles. The molecule has 2 aromatic rings. The molecule has 0 N–H and O–H groups in total. The maximum atomic E-state index is 11.7. The number of benzene rings is 1. The van der Waals surface area contributed by atoms with Crippen molar-refractivity contribution in [1.82, 2.24) is 4.57 Å². The molecule has 6 nitrogen and oxygen atoms in total. The fourth-order valence-corrected chi connectivity index (χ4v) is 3.03. The van der Waals surface area contributed by atoms with Gasteiger partial charge >= 0.3 is 0 Å². The van der Waals surface area contributed by atoms with Crippen molar-refractivity contribution in [2.45, 2.75) is 26.3 Å². The summed E-state index contributed by atoms with van der Waals surface area (Å²) >= 11 is 1.27. The Morgan fingerprint density at radius 3 is 2.95 bits per heavy atom. The maximum absolute atomic E-state index is 11.7. The van der Waals surface area contributed by atoms with Gasteiger partial charge < -0.3 is 4.57 Å². The summed E-state index contributed by atoms with van der Waals surface area (Å²) in [7, 11) is 0. The van der Waals surface area contributed by atoms with Crippen molar-refractivity contribution in [3.8, 4) is 0 Å². The molecular formula is C14H15N3O3S. The second-order valence-electron chi connectivity index (χ2n) is 4.45. The first-order chi connectivity index (χ1) is 10.1. The summed E-state index contributed by atoms with van der Waals surface area (Å²) in [5.74, 6) is -0.184. The van der Waals surface area contributed by atoms with E-state index in [1.807, 2.05) is 11.5 Å². The highest BCUT2D eigenvalue weighted by Crippen LogP contribution is 2.23. The summed E-state index contributed by atoms with van der Waals surface area (Å²) in [5, 5.41) is 10.8. The number of rotatable bonds is 5. The van der Waals surface area contributed by atoms with Gasteiger partial charge in [-0.2, -0.15) is 4.99 Å². The lowest BCUT2D eigenvalue weighted by molar-refractivity contribution is -0.384. The van der Waals surface area contributed by atoms with Crippen LogP contribution in [0.3, 0.4) is 0 Å². The Balaban J connectivity index is 2.63. The number of amides is 1. The molecule has 1 heterocycles. The van der Waals surface area contributed by atoms with Gasteiger partial charge in [-0.3, -0.25) is 14.9 Å². The highest BCUT2D eigenvalue weighted by Gasteiger charge is 2.11. The second kappa shape index (κ2) is 6.45. The van der Waals surface area contributed by atoms with Crippen LogP contribution in [-0.2, 0) is 11.3 Å². The third-order valence-electron chi connectivity index (χ3n) is 2.87. The van der Waals surface area contributed by atoms with Crippen molar-refractivity contribution in [2.75, 3.05) is 0 Å². The zero-order valence-corrected chi connectivity index (χ0v) is 12.4. The van der Waals surface area contributed by atoms with E-state index >= 15 is 0 Å². The number of hydrogen-bond acceptors (Lipinski definition) is 4. The SMILES string of the molecule is C=CCn1c(=NC(=O)CCC)sc2cc([N+](=O)[O-])ccc21. The number of fused-ring (bicyclic) bond motifs is 1. The normalized spacial score (nSPS) is 11.8. The highest BCUT2D eigenvalue weighted by atomic mass is 32.1. The van der Waals surface area contributed by atoms with Gasteiger partial charge in [-0.15, -0.1) is 6.58 Å². The molecule has 0 spiro atoms. The predicted molar refractivity (Wildman–Crippen MR) is 82.1 cm³/mol. The summed E-state index contributed by atoms with van der Waals surface area (Å²) in [6.45, 7) is 6.11. The van der Waals surface area contributed by atoms with E-state index in [1.165, 1.54) is 23.5 Å². The van der Waals surface area contributed by atoms with Gasteiger partial charge in [0.15, 0.2) is 4.80 Å². The molecule has 0 bridgehead atoms. The number of carbonyl (C=O) groups excluding carboxylic acids is 1. The topological polar surface area (TPSA) is 77.5 Å². The van der Waals surface area contributed by atoms with E-state index in [2.05, 4.69) is 11.6 Å². The maximum Gasteiger partial charge on any atom is 0.270 e. The van der Waals surface area contributed by atoms with Crippen molar-refractivity contribution in [1.29, 1.82) is 0 Å². The molecule has 21 heavy (non-hydrogen) atoms. The van der Waals surface area contributed by atoms with Crippen LogP contribution in [-0.4, -0.2) is 15.4 Å². The molecule has 0 aliphatic rings. The van der Waals surface area contributed by atoms with E-state index in [0.717, 1.165) is 16.6 Å². The minimum Gasteiger partial charge on any atom is -0.312 e. The number of carbonyl (C=O) groups is 1. The number of allylic oxidation sites excluding steroid dienone is 1. The van der Waals surface area contributed by atoms with Crippen LogP contribution in [0.2, 0.25) is 0 Å². The minimum absolute atomic E-state index is 0.0286. The van der Waals surface area contributed by atoms with E-state index < -0.39 is 4.92 Å². The molecule has 0 aliphatic heterocycles. The largest absolute Gasteiger partial charge is 0.312 e. The Morgan fingerprint density at radius 2 is 2.33 bits per heavy atom. The van der Waals surface area contributed by atoms with Crippen molar-refractivity contribution in [2.24, 2.45) is 4.99 Å². The lowest BCUT2D eigenvalue weighted by atomic mass is 10.3. The zero-order chi connectivity index (χ0) is 15.4. The van der Waals surface area contributed by atoms with Crippen molar-refractivity contribution in [3.63, 3.8) is 0 Å². The molecule has 0 fully saturated rings. The van der Waals surface area contributed by atoms with E-state index in [0.29, 0.717) is 17.8 Å². The molecule has 0 saturated carbocycles. The van der Waals surface area contributed by atoms with Gasteiger partial charge in [-0.25, -0.2) is 0 Å². The quantitative estimate of drug-likeness (QED) is 0.484. The molecule has 1 amide bonds. The number of thiazole rings is 1. The van der Waals surface area contributed by atoms with Gasteiger partial charge in [-0.1, -0.05) is 24.3 Å². The molecule has 0 radical (unpaired) electrons. The molecule has 110 valence electrons. The van der Waals surface area contributed by atoms with Crippen molar-refractivity contribution < 1.29 is 9.72 Å². The first-order valence-corrected chi connectivity index (χ1v) is 7.34. The van der Waals surface area contributed by atoms with E-state index in [9.17, 15) is 14.9 Å². The molecule has 2 rings (SSSR count). The average Bonchev–Trinajstić information content (AvgIpc) is 2.76. The Hall–Kier alpha value is -2.28. The standard InChI is InChI=1S/C14H15N3O3S/c1-3-5-13(18)15-14-16(8-4-2)11-7-6-10(17(19)20)9-12(11)21-14/h4,6-7,9H,2-3,5,8H2,1H3. The summed E-state index contributed by atoms with van der Waals surface area (Å²) in [6.07, 6.45) is 2.83. The monoisotopic (exact) mass is 305 g/mol. The van der Waals surface area contributed by atoms with Crippen LogP contribution in [0, 0.1) is 10.1 Å². The smallest absolute Gasteiger partial charge is 0.270 e. The van der Waals surface area contributed by atoms with E-state index in [4.69, 9.17) is 0 Å². The Labute approximate surface area is 125 Å². The third-order valence-corrected chi connectivity index (χ3v) is 3.91. The van der Waals surface area contributed by atoms with Crippen LogP contribution in [0.4, 0.5) is 5.69 Å². The zero-order valence-electron chi connectivity index (χ0n) is 11.6. The summed E-state index contributed by atoms with van der Waals surface area (Å²) in [6, 6.07) is 4.63. The van der Waals surface area contributed by atoms with Gasteiger partial charge in [0, 0.05) is 25.1 Å². The van der Waals surface area contributed by atoms with Crippen molar-refractivity contribution in [3.05, 3.63) is 45.8 Å². The molecule has 1 aromatic carbocycles. The molecule has 0 unspecified atom stereocenters. The van der Waals surface area contributed by atoms with Gasteiger partial charge in [0.2, 0.25) is 5.91 Å². The first kappa shape index (κ1) is 15.1. The van der Waals surface area contributed by atoms with Gasteiger partial charge in [0.25, 0.3) is 5.69 Å². The lowest BCUT2D eigenvalue weighted by Crippen LogP contribution is -2.16. The molecule has 0 atom stereocenters. The number of nitro benzene ring substituents is 1. The number of hydrogen-bond donors (Lipinski definition) is 0. The van der Waals surface area contributed by atoms with Crippen molar-refractivity contribution >= 4 is 33.1 Å². The summed E-state index contributed by atoms with van der Waals surface area (Å²) in [5.41, 5.74) is 0.842. The predicted octanol–water partition coefficient (Wildman–Crippen LogP) is 3.02. The molecule has 0 aliphatic carbocycles.